The van der Waals surface area contributed by atoms with E-state index < -0.39 is 0 Å². The van der Waals surface area contributed by atoms with Gasteiger partial charge in [-0.2, -0.15) is 0 Å². The smallest absolute Gasteiger partial charge is 0.234 e. The fourth-order valence-electron chi connectivity index (χ4n) is 3.06. The van der Waals surface area contributed by atoms with Gasteiger partial charge in [0.2, 0.25) is 5.91 Å². The summed E-state index contributed by atoms with van der Waals surface area (Å²) >= 11 is 0. The number of nitrogens with one attached hydrogen (secondary N) is 2. The second kappa shape index (κ2) is 9.35. The molecule has 1 aliphatic carbocycles. The van der Waals surface area contributed by atoms with Gasteiger partial charge in [-0.3, -0.25) is 4.79 Å². The molecule has 1 saturated carbocycles. The summed E-state index contributed by atoms with van der Waals surface area (Å²) < 4.78 is 0. The van der Waals surface area contributed by atoms with Crippen molar-refractivity contribution in [3.8, 4) is 0 Å². The zero-order chi connectivity index (χ0) is 14.1. The summed E-state index contributed by atoms with van der Waals surface area (Å²) in [5.41, 5.74) is 0. The van der Waals surface area contributed by atoms with Crippen LogP contribution < -0.4 is 10.6 Å². The van der Waals surface area contributed by atoms with E-state index in [-0.39, 0.29) is 5.91 Å². The van der Waals surface area contributed by atoms with Gasteiger partial charge in [0.05, 0.1) is 6.54 Å². The fraction of sp³-hybridized carbons (Fsp3) is 0.938. The average Bonchev–Trinajstić information content (AvgIpc) is 2.65. The first-order valence-corrected chi connectivity index (χ1v) is 8.16. The quantitative estimate of drug-likeness (QED) is 0.696. The first-order valence-electron chi connectivity index (χ1n) is 8.16. The van der Waals surface area contributed by atoms with Gasteiger partial charge in [-0.15, -0.1) is 0 Å². The van der Waals surface area contributed by atoms with Gasteiger partial charge >= 0.3 is 0 Å². The molecular formula is C16H32N2O. The number of hydrogen-bond donors (Lipinski definition) is 2. The SMILES string of the molecule is CCCC(C)NC(=O)CN[C@H](C)C1CCCCCC1. The molecule has 0 saturated heterocycles. The minimum atomic E-state index is 0.140. The van der Waals surface area contributed by atoms with Crippen LogP contribution in [-0.4, -0.2) is 24.5 Å². The van der Waals surface area contributed by atoms with Crippen molar-refractivity contribution in [2.75, 3.05) is 6.54 Å². The van der Waals surface area contributed by atoms with Crippen molar-refractivity contribution >= 4 is 5.91 Å². The number of hydrogen-bond acceptors (Lipinski definition) is 2. The predicted octanol–water partition coefficient (Wildman–Crippen LogP) is 3.24. The summed E-state index contributed by atoms with van der Waals surface area (Å²) in [5.74, 6) is 0.893. The molecule has 112 valence electrons. The molecule has 0 spiro atoms. The molecule has 19 heavy (non-hydrogen) atoms. The zero-order valence-electron chi connectivity index (χ0n) is 13.0. The molecule has 1 amide bonds. The van der Waals surface area contributed by atoms with Crippen LogP contribution in [0.3, 0.4) is 0 Å². The molecule has 3 heteroatoms. The Balaban J connectivity index is 2.20. The van der Waals surface area contributed by atoms with Crippen LogP contribution in [0.25, 0.3) is 0 Å². The highest BCUT2D eigenvalue weighted by Gasteiger charge is 2.19. The van der Waals surface area contributed by atoms with E-state index in [1.165, 1.54) is 38.5 Å². The van der Waals surface area contributed by atoms with Crippen molar-refractivity contribution in [1.29, 1.82) is 0 Å². The molecule has 3 nitrogen and oxygen atoms in total. The largest absolute Gasteiger partial charge is 0.353 e. The zero-order valence-corrected chi connectivity index (χ0v) is 13.0. The maximum atomic E-state index is 11.8. The van der Waals surface area contributed by atoms with Crippen LogP contribution in [0.5, 0.6) is 0 Å². The molecule has 1 aliphatic rings. The Morgan fingerprint density at radius 2 is 1.79 bits per heavy atom. The van der Waals surface area contributed by atoms with E-state index in [0.717, 1.165) is 18.8 Å². The van der Waals surface area contributed by atoms with E-state index >= 15 is 0 Å². The third-order valence-electron chi connectivity index (χ3n) is 4.32. The summed E-state index contributed by atoms with van der Waals surface area (Å²) in [7, 11) is 0. The number of rotatable bonds is 7. The summed E-state index contributed by atoms with van der Waals surface area (Å²) in [4.78, 5) is 11.8. The highest BCUT2D eigenvalue weighted by molar-refractivity contribution is 5.78. The lowest BCUT2D eigenvalue weighted by molar-refractivity contribution is -0.121. The van der Waals surface area contributed by atoms with Crippen molar-refractivity contribution in [1.82, 2.24) is 10.6 Å². The minimum Gasteiger partial charge on any atom is -0.353 e. The molecule has 0 heterocycles. The Morgan fingerprint density at radius 3 is 2.37 bits per heavy atom. The summed E-state index contributed by atoms with van der Waals surface area (Å²) in [6, 6.07) is 0.762. The lowest BCUT2D eigenvalue weighted by Gasteiger charge is -2.24. The average molecular weight is 268 g/mol. The molecule has 2 N–H and O–H groups in total. The van der Waals surface area contributed by atoms with E-state index in [0.29, 0.717) is 18.6 Å². The van der Waals surface area contributed by atoms with Gasteiger partial charge in [-0.05, 0) is 39.0 Å². The molecule has 0 aromatic heterocycles. The monoisotopic (exact) mass is 268 g/mol. The predicted molar refractivity (Wildman–Crippen MR) is 81.2 cm³/mol. The van der Waals surface area contributed by atoms with Gasteiger partial charge in [0, 0.05) is 12.1 Å². The van der Waals surface area contributed by atoms with Crippen molar-refractivity contribution in [3.63, 3.8) is 0 Å². The highest BCUT2D eigenvalue weighted by Crippen LogP contribution is 2.25. The van der Waals surface area contributed by atoms with Gasteiger partial charge in [0.25, 0.3) is 0 Å². The standard InChI is InChI=1S/C16H32N2O/c1-4-9-13(2)18-16(19)12-17-14(3)15-10-7-5-6-8-11-15/h13-15,17H,4-12H2,1-3H3,(H,18,19)/t13?,14-/m1/s1. The van der Waals surface area contributed by atoms with Gasteiger partial charge < -0.3 is 10.6 Å². The molecule has 1 fully saturated rings. The molecule has 0 aromatic rings. The molecule has 0 radical (unpaired) electrons. The van der Waals surface area contributed by atoms with E-state index in [1.54, 1.807) is 0 Å². The second-order valence-corrected chi connectivity index (χ2v) is 6.18. The van der Waals surface area contributed by atoms with Gasteiger partial charge in [0.1, 0.15) is 0 Å². The Kier molecular flexibility index (Phi) is 8.11. The van der Waals surface area contributed by atoms with Crippen LogP contribution in [0.15, 0.2) is 0 Å². The van der Waals surface area contributed by atoms with Gasteiger partial charge in [0.15, 0.2) is 0 Å². The Hall–Kier alpha value is -0.570. The Morgan fingerprint density at radius 1 is 1.16 bits per heavy atom. The van der Waals surface area contributed by atoms with Crippen molar-refractivity contribution in [2.24, 2.45) is 5.92 Å². The fourth-order valence-corrected chi connectivity index (χ4v) is 3.06. The van der Waals surface area contributed by atoms with Crippen molar-refractivity contribution < 1.29 is 4.79 Å². The summed E-state index contributed by atoms with van der Waals surface area (Å²) in [5, 5.41) is 6.47. The lowest BCUT2D eigenvalue weighted by Crippen LogP contribution is -2.43. The summed E-state index contributed by atoms with van der Waals surface area (Å²) in [6.07, 6.45) is 10.3. The van der Waals surface area contributed by atoms with Crippen LogP contribution in [-0.2, 0) is 4.79 Å². The normalized spacial score (nSPS) is 20.6. The third kappa shape index (κ3) is 6.95. The molecule has 1 unspecified atom stereocenters. The van der Waals surface area contributed by atoms with E-state index in [2.05, 4.69) is 31.4 Å². The molecular weight excluding hydrogens is 236 g/mol. The minimum absolute atomic E-state index is 0.140. The van der Waals surface area contributed by atoms with E-state index in [4.69, 9.17) is 0 Å². The molecule has 1 rings (SSSR count). The van der Waals surface area contributed by atoms with Crippen LogP contribution in [0.1, 0.15) is 72.1 Å². The first-order chi connectivity index (χ1) is 9.13. The maximum Gasteiger partial charge on any atom is 0.234 e. The highest BCUT2D eigenvalue weighted by atomic mass is 16.1. The van der Waals surface area contributed by atoms with E-state index in [1.807, 2.05) is 0 Å². The molecule has 0 aromatic carbocycles. The number of carbonyl (C=O) groups excluding carboxylic acids is 1. The first kappa shape index (κ1) is 16.5. The second-order valence-electron chi connectivity index (χ2n) is 6.18. The Labute approximate surface area is 118 Å². The Bertz CT molecular complexity index is 247. The molecule has 0 aliphatic heterocycles. The van der Waals surface area contributed by atoms with Gasteiger partial charge in [-0.1, -0.05) is 39.0 Å². The van der Waals surface area contributed by atoms with E-state index in [9.17, 15) is 4.79 Å². The van der Waals surface area contributed by atoms with Crippen LogP contribution in [0.2, 0.25) is 0 Å². The van der Waals surface area contributed by atoms with Gasteiger partial charge in [-0.25, -0.2) is 0 Å². The molecule has 0 bridgehead atoms. The van der Waals surface area contributed by atoms with Crippen LogP contribution in [0.4, 0.5) is 0 Å². The van der Waals surface area contributed by atoms with Crippen molar-refractivity contribution in [2.45, 2.75) is 84.2 Å². The van der Waals surface area contributed by atoms with Crippen molar-refractivity contribution in [3.05, 3.63) is 0 Å². The molecule has 2 atom stereocenters. The summed E-state index contributed by atoms with van der Waals surface area (Å²) in [6.45, 7) is 6.93. The van der Waals surface area contributed by atoms with Crippen LogP contribution >= 0.6 is 0 Å². The van der Waals surface area contributed by atoms with Crippen LogP contribution in [0, 0.1) is 5.92 Å². The lowest BCUT2D eigenvalue weighted by atomic mass is 9.93. The third-order valence-corrected chi connectivity index (χ3v) is 4.32. The maximum absolute atomic E-state index is 11.8. The number of carbonyl (C=O) groups is 1. The number of amides is 1. The topological polar surface area (TPSA) is 41.1 Å².